The normalized spacial score (nSPS) is 23.8. The van der Waals surface area contributed by atoms with Crippen molar-refractivity contribution in [1.82, 2.24) is 0 Å². The molecule has 248 valence electrons. The van der Waals surface area contributed by atoms with E-state index in [0.717, 1.165) is 10.0 Å². The predicted octanol–water partition coefficient (Wildman–Crippen LogP) is 9.69. The van der Waals surface area contributed by atoms with Crippen LogP contribution in [0.25, 0.3) is 0 Å². The summed E-state index contributed by atoms with van der Waals surface area (Å²) in [5.74, 6) is 0.274. The van der Waals surface area contributed by atoms with Crippen molar-refractivity contribution in [2.45, 2.75) is 155 Å². The summed E-state index contributed by atoms with van der Waals surface area (Å²) in [6.45, 7) is 40.6. The monoisotopic (exact) mass is 756 g/mol. The zero-order chi connectivity index (χ0) is 33.1. The van der Waals surface area contributed by atoms with Gasteiger partial charge in [-0.05, 0) is 65.9 Å². The predicted molar refractivity (Wildman–Crippen MR) is 194 cm³/mol. The molecule has 1 unspecified atom stereocenters. The standard InChI is InChI=1S/C32H65IO6Si3/c1-23(26(38-41(15,16)31(6,7)8)22-35-40(13,14)30(3,4)5)19-20-25-28(37-29(34-12)36-25)27(24(2)21-33)39-42(17,18)32(9,10)11/h19-20,24-29H,1,21-22H2,2-18H3/b20-19-/t24-,25+,26-,27-,28+,29?/m1/s1. The molecule has 0 saturated carbocycles. The Balaban J connectivity index is 3.38. The molecule has 42 heavy (non-hydrogen) atoms. The van der Waals surface area contributed by atoms with Crippen molar-refractivity contribution in [3.63, 3.8) is 0 Å². The molecule has 1 rings (SSSR count). The van der Waals surface area contributed by atoms with Gasteiger partial charge in [-0.3, -0.25) is 0 Å². The first-order chi connectivity index (χ1) is 18.7. The SMILES string of the molecule is C=C(/C=C\[C@@H]1OC(OC)O[C@@H]1[C@H](O[Si](C)(C)C(C)(C)C)[C@H](C)CI)[C@@H](CO[Si](C)(C)C(C)(C)C)O[Si](C)(C)C(C)(C)C. The minimum atomic E-state index is -2.10. The van der Waals surface area contributed by atoms with Crippen LogP contribution in [-0.4, -0.2) is 74.0 Å². The summed E-state index contributed by atoms with van der Waals surface area (Å²) in [7, 11) is -4.55. The average Bonchev–Trinajstić information content (AvgIpc) is 3.24. The molecule has 0 aliphatic carbocycles. The van der Waals surface area contributed by atoms with E-state index < -0.39 is 31.4 Å². The third-order valence-corrected chi connectivity index (χ3v) is 24.8. The molecule has 0 aromatic carbocycles. The van der Waals surface area contributed by atoms with E-state index in [4.69, 9.17) is 27.5 Å². The number of alkyl halides is 1. The fourth-order valence-corrected chi connectivity index (χ4v) is 7.85. The summed E-state index contributed by atoms with van der Waals surface area (Å²) in [6.07, 6.45) is 3.07. The van der Waals surface area contributed by atoms with Gasteiger partial charge in [0.15, 0.2) is 25.0 Å². The Morgan fingerprint density at radius 1 is 0.833 bits per heavy atom. The zero-order valence-electron chi connectivity index (χ0n) is 30.1. The molecule has 6 nitrogen and oxygen atoms in total. The van der Waals surface area contributed by atoms with Gasteiger partial charge in [-0.2, -0.15) is 0 Å². The lowest BCUT2D eigenvalue weighted by molar-refractivity contribution is -0.231. The van der Waals surface area contributed by atoms with Gasteiger partial charge in [0.05, 0.1) is 18.8 Å². The third kappa shape index (κ3) is 10.9. The molecule has 1 fully saturated rings. The van der Waals surface area contributed by atoms with Crippen LogP contribution in [0.3, 0.4) is 0 Å². The van der Waals surface area contributed by atoms with E-state index in [1.54, 1.807) is 7.11 Å². The quantitative estimate of drug-likeness (QED) is 0.0762. The molecule has 0 aromatic rings. The van der Waals surface area contributed by atoms with Crippen molar-refractivity contribution >= 4 is 47.5 Å². The van der Waals surface area contributed by atoms with Crippen molar-refractivity contribution in [2.75, 3.05) is 18.1 Å². The van der Waals surface area contributed by atoms with Crippen LogP contribution in [0.5, 0.6) is 0 Å². The van der Waals surface area contributed by atoms with Gasteiger partial charge in [-0.25, -0.2) is 0 Å². The van der Waals surface area contributed by atoms with Gasteiger partial charge >= 0.3 is 0 Å². The Bertz CT molecular complexity index is 901. The second-order valence-corrected chi connectivity index (χ2v) is 31.8. The molecule has 0 amide bonds. The number of hydrogen-bond donors (Lipinski definition) is 0. The smallest absolute Gasteiger partial charge is 0.272 e. The second-order valence-electron chi connectivity index (χ2n) is 16.6. The van der Waals surface area contributed by atoms with Crippen LogP contribution >= 0.6 is 22.6 Å². The topological polar surface area (TPSA) is 55.4 Å². The zero-order valence-corrected chi connectivity index (χ0v) is 35.2. The molecule has 6 atom stereocenters. The molecule has 0 bridgehead atoms. The van der Waals surface area contributed by atoms with E-state index in [0.29, 0.717) is 6.61 Å². The first kappa shape index (κ1) is 40.6. The molecule has 1 saturated heterocycles. The molecular formula is C32H65IO6Si3. The van der Waals surface area contributed by atoms with Crippen LogP contribution in [0.2, 0.25) is 54.4 Å². The minimum Gasteiger partial charge on any atom is -0.414 e. The van der Waals surface area contributed by atoms with Crippen LogP contribution < -0.4 is 0 Å². The fraction of sp³-hybridized carbons (Fsp3) is 0.875. The van der Waals surface area contributed by atoms with E-state index in [1.807, 2.05) is 6.08 Å². The van der Waals surface area contributed by atoms with Crippen molar-refractivity contribution in [3.05, 3.63) is 24.3 Å². The van der Waals surface area contributed by atoms with Crippen molar-refractivity contribution in [1.29, 1.82) is 0 Å². The van der Waals surface area contributed by atoms with Crippen LogP contribution in [0.15, 0.2) is 24.3 Å². The molecular weight excluding hydrogens is 692 g/mol. The number of ether oxygens (including phenoxy) is 3. The highest BCUT2D eigenvalue weighted by molar-refractivity contribution is 14.1. The van der Waals surface area contributed by atoms with Gasteiger partial charge in [-0.1, -0.05) is 111 Å². The maximum absolute atomic E-state index is 7.01. The van der Waals surface area contributed by atoms with E-state index in [-0.39, 0.29) is 45.4 Å². The third-order valence-electron chi connectivity index (χ3n) is 9.98. The average molecular weight is 757 g/mol. The van der Waals surface area contributed by atoms with E-state index >= 15 is 0 Å². The van der Waals surface area contributed by atoms with Crippen molar-refractivity contribution in [2.24, 2.45) is 5.92 Å². The summed E-state index contributed by atoms with van der Waals surface area (Å²) < 4.78 is 39.7. The Morgan fingerprint density at radius 2 is 1.31 bits per heavy atom. The van der Waals surface area contributed by atoms with Crippen molar-refractivity contribution in [3.8, 4) is 0 Å². The lowest BCUT2D eigenvalue weighted by Gasteiger charge is -2.42. The Kier molecular flexibility index (Phi) is 14.5. The molecule has 0 spiro atoms. The van der Waals surface area contributed by atoms with Crippen LogP contribution in [0.4, 0.5) is 0 Å². The molecule has 1 aliphatic heterocycles. The number of halogens is 1. The Hall–Kier alpha value is 0.621. The van der Waals surface area contributed by atoms with E-state index in [9.17, 15) is 0 Å². The van der Waals surface area contributed by atoms with Crippen molar-refractivity contribution < 1.29 is 27.5 Å². The van der Waals surface area contributed by atoms with Crippen LogP contribution in [-0.2, 0) is 27.5 Å². The molecule has 0 aromatic heterocycles. The number of hydrogen-bond acceptors (Lipinski definition) is 6. The molecule has 1 aliphatic rings. The molecule has 10 heteroatoms. The number of methoxy groups -OCH3 is 1. The first-order valence-electron chi connectivity index (χ1n) is 15.5. The van der Waals surface area contributed by atoms with Gasteiger partial charge < -0.3 is 27.5 Å². The fourth-order valence-electron chi connectivity index (χ4n) is 3.66. The maximum atomic E-state index is 7.01. The summed E-state index contributed by atoms with van der Waals surface area (Å²) in [4.78, 5) is 0. The summed E-state index contributed by atoms with van der Waals surface area (Å²) in [6, 6.07) is 0. The number of rotatable bonds is 14. The summed E-state index contributed by atoms with van der Waals surface area (Å²) in [5.41, 5.74) is 0.880. The van der Waals surface area contributed by atoms with Crippen LogP contribution in [0, 0.1) is 5.92 Å². The van der Waals surface area contributed by atoms with Gasteiger partial charge in [0.1, 0.15) is 12.2 Å². The molecule has 1 heterocycles. The lowest BCUT2D eigenvalue weighted by Crippen LogP contribution is -2.51. The largest absolute Gasteiger partial charge is 0.414 e. The highest BCUT2D eigenvalue weighted by atomic mass is 127. The second kappa shape index (κ2) is 15.0. The molecule has 0 N–H and O–H groups in total. The van der Waals surface area contributed by atoms with E-state index in [1.165, 1.54) is 0 Å². The first-order valence-corrected chi connectivity index (χ1v) is 25.7. The van der Waals surface area contributed by atoms with Gasteiger partial charge in [0.2, 0.25) is 0 Å². The maximum Gasteiger partial charge on any atom is 0.272 e. The highest BCUT2D eigenvalue weighted by Gasteiger charge is 2.48. The van der Waals surface area contributed by atoms with E-state index in [2.05, 4.69) is 144 Å². The summed E-state index contributed by atoms with van der Waals surface area (Å²) >= 11 is 2.44. The Morgan fingerprint density at radius 3 is 1.74 bits per heavy atom. The molecule has 0 radical (unpaired) electrons. The highest BCUT2D eigenvalue weighted by Crippen LogP contribution is 2.42. The lowest BCUT2D eigenvalue weighted by atomic mass is 9.97. The summed E-state index contributed by atoms with van der Waals surface area (Å²) in [5, 5.41) is 0.251. The van der Waals surface area contributed by atoms with Crippen LogP contribution in [0.1, 0.15) is 69.2 Å². The minimum absolute atomic E-state index is 0.0648. The van der Waals surface area contributed by atoms with Gasteiger partial charge in [0, 0.05) is 11.5 Å². The van der Waals surface area contributed by atoms with Gasteiger partial charge in [0.25, 0.3) is 6.48 Å². The van der Waals surface area contributed by atoms with Gasteiger partial charge in [-0.15, -0.1) is 0 Å². The Labute approximate surface area is 276 Å².